The molecule has 4 nitrogen and oxygen atoms in total. The van der Waals surface area contributed by atoms with Gasteiger partial charge in [-0.05, 0) is 31.4 Å². The second-order valence-electron chi connectivity index (χ2n) is 5.47. The van der Waals surface area contributed by atoms with Gasteiger partial charge in [-0.15, -0.1) is 0 Å². The average Bonchev–Trinajstić information content (AvgIpc) is 2.78. The summed E-state index contributed by atoms with van der Waals surface area (Å²) in [4.78, 5) is 14.0. The molecule has 0 aliphatic carbocycles. The Kier molecular flexibility index (Phi) is 4.22. The van der Waals surface area contributed by atoms with Gasteiger partial charge in [0.05, 0.1) is 12.1 Å². The number of hydrogen-bond donors (Lipinski definition) is 2. The number of carbonyl (C=O) groups excluding carboxylic acids is 1. The first-order valence-electron chi connectivity index (χ1n) is 6.70. The number of nitrogens with zero attached hydrogens (tertiary/aromatic N) is 1. The van der Waals surface area contributed by atoms with Crippen LogP contribution in [0.2, 0.25) is 0 Å². The maximum Gasteiger partial charge on any atom is 0.239 e. The highest BCUT2D eigenvalue weighted by Crippen LogP contribution is 2.15. The average molecular weight is 262 g/mol. The van der Waals surface area contributed by atoms with Crippen molar-refractivity contribution >= 4 is 5.91 Å². The van der Waals surface area contributed by atoms with Crippen molar-refractivity contribution < 1.29 is 9.90 Å². The topological polar surface area (TPSA) is 52.6 Å². The second-order valence-corrected chi connectivity index (χ2v) is 5.47. The zero-order chi connectivity index (χ0) is 14.0. The lowest BCUT2D eigenvalue weighted by Gasteiger charge is -2.22. The molecule has 1 aromatic rings. The van der Waals surface area contributed by atoms with Crippen LogP contribution in [0.5, 0.6) is 0 Å². The lowest BCUT2D eigenvalue weighted by atomic mass is 10.1. The number of hydrogen-bond acceptors (Lipinski definition) is 3. The van der Waals surface area contributed by atoms with E-state index in [2.05, 4.69) is 37.4 Å². The Morgan fingerprint density at radius 3 is 2.79 bits per heavy atom. The van der Waals surface area contributed by atoms with Crippen molar-refractivity contribution in [2.24, 2.45) is 0 Å². The van der Waals surface area contributed by atoms with E-state index in [0.717, 1.165) is 0 Å². The summed E-state index contributed by atoms with van der Waals surface area (Å²) in [7, 11) is 1.81. The zero-order valence-electron chi connectivity index (χ0n) is 11.8. The molecule has 2 N–H and O–H groups in total. The van der Waals surface area contributed by atoms with Crippen molar-refractivity contribution in [3.8, 4) is 0 Å². The van der Waals surface area contributed by atoms with Crippen LogP contribution in [-0.2, 0) is 11.3 Å². The first kappa shape index (κ1) is 14.0. The van der Waals surface area contributed by atoms with Gasteiger partial charge in [0.15, 0.2) is 0 Å². The van der Waals surface area contributed by atoms with Gasteiger partial charge in [-0.3, -0.25) is 4.79 Å². The van der Waals surface area contributed by atoms with Crippen molar-refractivity contribution in [2.45, 2.75) is 39.0 Å². The van der Waals surface area contributed by atoms with Gasteiger partial charge in [-0.2, -0.15) is 0 Å². The van der Waals surface area contributed by atoms with Crippen LogP contribution < -0.4 is 5.32 Å². The molecule has 0 aromatic heterocycles. The first-order chi connectivity index (χ1) is 8.97. The Morgan fingerprint density at radius 2 is 2.21 bits per heavy atom. The molecule has 0 spiro atoms. The molecular weight excluding hydrogens is 240 g/mol. The molecule has 1 aliphatic rings. The first-order valence-corrected chi connectivity index (χ1v) is 6.70. The molecular formula is C15H22N2O2. The third-order valence-electron chi connectivity index (χ3n) is 3.69. The molecule has 0 radical (unpaired) electrons. The maximum atomic E-state index is 12.2. The normalized spacial score (nSPS) is 22.5. The van der Waals surface area contributed by atoms with Crippen molar-refractivity contribution in [3.05, 3.63) is 34.9 Å². The highest BCUT2D eigenvalue weighted by atomic mass is 16.3. The van der Waals surface area contributed by atoms with Crippen LogP contribution in [0.4, 0.5) is 0 Å². The van der Waals surface area contributed by atoms with Crippen molar-refractivity contribution in [1.29, 1.82) is 0 Å². The van der Waals surface area contributed by atoms with E-state index in [1.165, 1.54) is 16.7 Å². The lowest BCUT2D eigenvalue weighted by Crippen LogP contribution is -2.41. The summed E-state index contributed by atoms with van der Waals surface area (Å²) in [6.07, 6.45) is 0.110. The van der Waals surface area contributed by atoms with Crippen LogP contribution in [0.3, 0.4) is 0 Å². The molecule has 1 amide bonds. The Labute approximate surface area is 114 Å². The molecule has 1 fully saturated rings. The Morgan fingerprint density at radius 1 is 1.47 bits per heavy atom. The molecule has 0 saturated carbocycles. The fourth-order valence-electron chi connectivity index (χ4n) is 2.53. The fourth-order valence-corrected chi connectivity index (χ4v) is 2.53. The monoisotopic (exact) mass is 262 g/mol. The van der Waals surface area contributed by atoms with Gasteiger partial charge >= 0.3 is 0 Å². The summed E-state index contributed by atoms with van der Waals surface area (Å²) in [6, 6.07) is 6.03. The third kappa shape index (κ3) is 3.33. The molecule has 0 bridgehead atoms. The predicted octanol–water partition coefficient (Wildman–Crippen LogP) is 0.985. The van der Waals surface area contributed by atoms with Crippen LogP contribution in [0.15, 0.2) is 18.2 Å². The van der Waals surface area contributed by atoms with Gasteiger partial charge in [0.2, 0.25) is 5.91 Å². The molecule has 4 heteroatoms. The smallest absolute Gasteiger partial charge is 0.239 e. The molecule has 1 heterocycles. The van der Waals surface area contributed by atoms with E-state index in [-0.39, 0.29) is 11.9 Å². The van der Waals surface area contributed by atoms with E-state index < -0.39 is 6.10 Å². The zero-order valence-corrected chi connectivity index (χ0v) is 11.8. The largest absolute Gasteiger partial charge is 0.392 e. The predicted molar refractivity (Wildman–Crippen MR) is 74.8 cm³/mol. The molecule has 1 saturated heterocycles. The number of carbonyl (C=O) groups is 1. The van der Waals surface area contributed by atoms with Gasteiger partial charge in [0, 0.05) is 20.1 Å². The second kappa shape index (κ2) is 5.72. The van der Waals surface area contributed by atoms with Crippen LogP contribution >= 0.6 is 0 Å². The minimum Gasteiger partial charge on any atom is -0.392 e. The maximum absolute atomic E-state index is 12.2. The van der Waals surface area contributed by atoms with Gasteiger partial charge in [0.1, 0.15) is 0 Å². The minimum atomic E-state index is -0.400. The summed E-state index contributed by atoms with van der Waals surface area (Å²) in [6.45, 7) is 5.25. The van der Waals surface area contributed by atoms with Gasteiger partial charge in [-0.25, -0.2) is 0 Å². The highest BCUT2D eigenvalue weighted by Gasteiger charge is 2.30. The molecule has 1 aliphatic heterocycles. The summed E-state index contributed by atoms with van der Waals surface area (Å²) in [5.74, 6) is 0.0523. The van der Waals surface area contributed by atoms with Crippen LogP contribution in [-0.4, -0.2) is 41.7 Å². The SMILES string of the molecule is Cc1ccc(CN(C)C(=O)C2CC(O)CN2)c(C)c1. The lowest BCUT2D eigenvalue weighted by molar-refractivity contribution is -0.132. The molecule has 2 atom stereocenters. The van der Waals surface area contributed by atoms with Gasteiger partial charge in [0.25, 0.3) is 0 Å². The standard InChI is InChI=1S/C15H22N2O2/c1-10-4-5-12(11(2)6-10)9-17(3)15(19)14-7-13(18)8-16-14/h4-6,13-14,16,18H,7-9H2,1-3H3. The Bertz CT molecular complexity index is 473. The molecule has 2 unspecified atom stereocenters. The number of rotatable bonds is 3. The molecule has 1 aromatic carbocycles. The minimum absolute atomic E-state index is 0.0523. The van der Waals surface area contributed by atoms with Crippen LogP contribution in [0, 0.1) is 13.8 Å². The number of aliphatic hydroxyl groups excluding tert-OH is 1. The quantitative estimate of drug-likeness (QED) is 0.854. The number of aliphatic hydroxyl groups is 1. The molecule has 19 heavy (non-hydrogen) atoms. The Balaban J connectivity index is 2.00. The molecule has 104 valence electrons. The third-order valence-corrected chi connectivity index (χ3v) is 3.69. The van der Waals surface area contributed by atoms with Crippen LogP contribution in [0.25, 0.3) is 0 Å². The van der Waals surface area contributed by atoms with Crippen molar-refractivity contribution in [3.63, 3.8) is 0 Å². The van der Waals surface area contributed by atoms with Gasteiger partial charge < -0.3 is 15.3 Å². The van der Waals surface area contributed by atoms with E-state index in [1.54, 1.807) is 4.90 Å². The number of aryl methyl sites for hydroxylation is 2. The number of benzene rings is 1. The Hall–Kier alpha value is -1.39. The van der Waals surface area contributed by atoms with E-state index in [0.29, 0.717) is 19.5 Å². The van der Waals surface area contributed by atoms with E-state index >= 15 is 0 Å². The fraction of sp³-hybridized carbons (Fsp3) is 0.533. The summed E-state index contributed by atoms with van der Waals surface area (Å²) in [5, 5.41) is 12.5. The van der Waals surface area contributed by atoms with E-state index in [9.17, 15) is 9.90 Å². The highest BCUT2D eigenvalue weighted by molar-refractivity contribution is 5.82. The summed E-state index contributed by atoms with van der Waals surface area (Å²) < 4.78 is 0. The summed E-state index contributed by atoms with van der Waals surface area (Å²) in [5.41, 5.74) is 3.61. The van der Waals surface area contributed by atoms with Crippen LogP contribution in [0.1, 0.15) is 23.1 Å². The van der Waals surface area contributed by atoms with E-state index in [4.69, 9.17) is 0 Å². The number of nitrogens with one attached hydrogen (secondary N) is 1. The number of β-amino-alcohol motifs (C(OH)–C–C–N with tert-alkyl or cyclic N) is 1. The van der Waals surface area contributed by atoms with Crippen molar-refractivity contribution in [1.82, 2.24) is 10.2 Å². The van der Waals surface area contributed by atoms with Gasteiger partial charge in [-0.1, -0.05) is 23.8 Å². The van der Waals surface area contributed by atoms with Crippen molar-refractivity contribution in [2.75, 3.05) is 13.6 Å². The number of likely N-dealkylation sites (N-methyl/N-ethyl adjacent to an activating group) is 1. The van der Waals surface area contributed by atoms with E-state index in [1.807, 2.05) is 7.05 Å². The number of amides is 1. The molecule has 2 rings (SSSR count). The summed E-state index contributed by atoms with van der Waals surface area (Å²) >= 11 is 0.